The summed E-state index contributed by atoms with van der Waals surface area (Å²) in [4.78, 5) is 21.3. The molecular formula is C26H25ClF3N5O3. The molecule has 8 nitrogen and oxygen atoms in total. The Morgan fingerprint density at radius 2 is 1.97 bits per heavy atom. The molecule has 0 atom stereocenters. The molecule has 38 heavy (non-hydrogen) atoms. The van der Waals surface area contributed by atoms with E-state index in [2.05, 4.69) is 25.9 Å². The molecule has 1 aliphatic heterocycles. The van der Waals surface area contributed by atoms with E-state index in [4.69, 9.17) is 16.3 Å². The topological polar surface area (TPSA) is 108 Å². The first-order chi connectivity index (χ1) is 17.9. The number of alkyl halides is 3. The average Bonchev–Trinajstić information content (AvgIpc) is 3.07. The summed E-state index contributed by atoms with van der Waals surface area (Å²) >= 11 is 6.36. The van der Waals surface area contributed by atoms with Gasteiger partial charge in [0.05, 0.1) is 21.8 Å². The standard InChI is InChI=1S/C26H25ClF3N5O3/c1-25(2,37)13-32-24(36)15-8-9-31-22-19(10-15)23(34-14-33-22)35-17-6-7-21(20(27)12-17)38-18-5-3-4-16(11-18)26(28,29)30/h3-7,10-12,14,37H,8-9,13H2,1-2H3,(H,32,36)(H2,31,33,34,35). The lowest BCUT2D eigenvalue weighted by Gasteiger charge is -2.18. The number of nitrogens with one attached hydrogen (secondary N) is 3. The largest absolute Gasteiger partial charge is 0.456 e. The summed E-state index contributed by atoms with van der Waals surface area (Å²) in [6.07, 6.45) is -1.01. The minimum absolute atomic E-state index is 0.00448. The molecule has 4 N–H and O–H groups in total. The van der Waals surface area contributed by atoms with Crippen LogP contribution in [0.3, 0.4) is 0 Å². The molecule has 0 aliphatic carbocycles. The number of carbonyl (C=O) groups is 1. The number of nitrogens with zero attached hydrogens (tertiary/aromatic N) is 2. The molecule has 0 unspecified atom stereocenters. The second kappa shape index (κ2) is 10.9. The van der Waals surface area contributed by atoms with E-state index < -0.39 is 17.3 Å². The van der Waals surface area contributed by atoms with E-state index >= 15 is 0 Å². The monoisotopic (exact) mass is 547 g/mol. The Labute approximate surface area is 221 Å². The second-order valence-electron chi connectivity index (χ2n) is 9.22. The van der Waals surface area contributed by atoms with Crippen molar-refractivity contribution in [1.82, 2.24) is 15.3 Å². The third-order valence-corrected chi connectivity index (χ3v) is 5.74. The van der Waals surface area contributed by atoms with Crippen molar-refractivity contribution in [2.24, 2.45) is 0 Å². The maximum Gasteiger partial charge on any atom is 0.416 e. The number of aliphatic hydroxyl groups is 1. The normalized spacial score (nSPS) is 13.5. The summed E-state index contributed by atoms with van der Waals surface area (Å²) in [5, 5.41) is 19.1. The number of anilines is 3. The first-order valence-electron chi connectivity index (χ1n) is 11.6. The molecular weight excluding hydrogens is 523 g/mol. The second-order valence-corrected chi connectivity index (χ2v) is 9.63. The predicted molar refractivity (Wildman–Crippen MR) is 139 cm³/mol. The van der Waals surface area contributed by atoms with Gasteiger partial charge in [-0.05, 0) is 62.7 Å². The van der Waals surface area contributed by atoms with Crippen molar-refractivity contribution in [1.29, 1.82) is 0 Å². The van der Waals surface area contributed by atoms with Crippen molar-refractivity contribution in [3.8, 4) is 11.5 Å². The van der Waals surface area contributed by atoms with Crippen LogP contribution in [0.2, 0.25) is 5.02 Å². The zero-order chi connectivity index (χ0) is 27.5. The Bertz CT molecular complexity index is 1370. The highest BCUT2D eigenvalue weighted by molar-refractivity contribution is 6.32. The van der Waals surface area contributed by atoms with Gasteiger partial charge in [-0.2, -0.15) is 13.2 Å². The van der Waals surface area contributed by atoms with Crippen LogP contribution in [-0.2, 0) is 11.0 Å². The van der Waals surface area contributed by atoms with Crippen LogP contribution in [0.15, 0.2) is 54.4 Å². The van der Waals surface area contributed by atoms with Crippen LogP contribution in [-0.4, -0.2) is 39.7 Å². The molecule has 0 bridgehead atoms. The molecule has 2 aromatic carbocycles. The van der Waals surface area contributed by atoms with Gasteiger partial charge < -0.3 is 25.8 Å². The van der Waals surface area contributed by atoms with Gasteiger partial charge in [0.2, 0.25) is 5.91 Å². The van der Waals surface area contributed by atoms with E-state index in [1.165, 1.54) is 24.5 Å². The minimum atomic E-state index is -4.49. The first-order valence-corrected chi connectivity index (χ1v) is 12.0. The molecule has 2 heterocycles. The lowest BCUT2D eigenvalue weighted by Crippen LogP contribution is -2.38. The van der Waals surface area contributed by atoms with Crippen molar-refractivity contribution in [2.75, 3.05) is 23.7 Å². The number of benzene rings is 2. The number of halogens is 4. The maximum absolute atomic E-state index is 13.0. The van der Waals surface area contributed by atoms with Gasteiger partial charge in [0.1, 0.15) is 29.5 Å². The minimum Gasteiger partial charge on any atom is -0.456 e. The highest BCUT2D eigenvalue weighted by Gasteiger charge is 2.30. The van der Waals surface area contributed by atoms with Crippen molar-refractivity contribution in [2.45, 2.75) is 32.0 Å². The number of rotatable bonds is 7. The van der Waals surface area contributed by atoms with E-state index in [1.54, 1.807) is 32.1 Å². The Morgan fingerprint density at radius 1 is 1.18 bits per heavy atom. The number of aromatic nitrogens is 2. The van der Waals surface area contributed by atoms with Gasteiger partial charge in [0.15, 0.2) is 0 Å². The molecule has 0 saturated carbocycles. The molecule has 0 spiro atoms. The summed E-state index contributed by atoms with van der Waals surface area (Å²) in [7, 11) is 0. The molecule has 12 heteroatoms. The SMILES string of the molecule is CC(C)(O)CNC(=O)C1=Cc2c(ncnc2Nc2ccc(Oc3cccc(C(F)(F)F)c3)c(Cl)c2)NCC1. The summed E-state index contributed by atoms with van der Waals surface area (Å²) in [5.41, 5.74) is -0.315. The number of fused-ring (bicyclic) bond motifs is 1. The zero-order valence-electron chi connectivity index (χ0n) is 20.5. The summed E-state index contributed by atoms with van der Waals surface area (Å²) < 4.78 is 44.6. The average molecular weight is 548 g/mol. The molecule has 4 rings (SSSR count). The fraction of sp³-hybridized carbons (Fsp3) is 0.269. The van der Waals surface area contributed by atoms with Gasteiger partial charge in [0.25, 0.3) is 0 Å². The third-order valence-electron chi connectivity index (χ3n) is 5.45. The quantitative estimate of drug-likeness (QED) is 0.297. The van der Waals surface area contributed by atoms with Crippen molar-refractivity contribution < 1.29 is 27.8 Å². The Hall–Kier alpha value is -3.83. The van der Waals surface area contributed by atoms with Crippen LogP contribution in [0.25, 0.3) is 6.08 Å². The van der Waals surface area contributed by atoms with E-state index in [1.807, 2.05) is 0 Å². The maximum atomic E-state index is 13.0. The molecule has 1 aliphatic rings. The van der Waals surface area contributed by atoms with Crippen LogP contribution < -0.4 is 20.7 Å². The Morgan fingerprint density at radius 3 is 2.68 bits per heavy atom. The van der Waals surface area contributed by atoms with Gasteiger partial charge >= 0.3 is 6.18 Å². The van der Waals surface area contributed by atoms with Crippen molar-refractivity contribution in [3.63, 3.8) is 0 Å². The van der Waals surface area contributed by atoms with E-state index in [9.17, 15) is 23.1 Å². The van der Waals surface area contributed by atoms with Gasteiger partial charge in [-0.1, -0.05) is 17.7 Å². The molecule has 1 amide bonds. The van der Waals surface area contributed by atoms with Crippen LogP contribution in [0, 0.1) is 0 Å². The number of hydrogen-bond acceptors (Lipinski definition) is 7. The molecule has 200 valence electrons. The van der Waals surface area contributed by atoms with Crippen LogP contribution >= 0.6 is 11.6 Å². The van der Waals surface area contributed by atoms with E-state index in [0.717, 1.165) is 12.1 Å². The fourth-order valence-corrected chi connectivity index (χ4v) is 3.80. The smallest absolute Gasteiger partial charge is 0.416 e. The fourth-order valence-electron chi connectivity index (χ4n) is 3.58. The van der Waals surface area contributed by atoms with Gasteiger partial charge in [-0.15, -0.1) is 0 Å². The van der Waals surface area contributed by atoms with Gasteiger partial charge in [-0.3, -0.25) is 4.79 Å². The molecule has 0 fully saturated rings. The molecule has 3 aromatic rings. The lowest BCUT2D eigenvalue weighted by atomic mass is 10.1. The Kier molecular flexibility index (Phi) is 7.79. The number of ether oxygens (including phenoxy) is 1. The van der Waals surface area contributed by atoms with E-state index in [-0.39, 0.29) is 29.0 Å². The third kappa shape index (κ3) is 6.93. The highest BCUT2D eigenvalue weighted by Crippen LogP contribution is 2.36. The first kappa shape index (κ1) is 27.2. The summed E-state index contributed by atoms with van der Waals surface area (Å²) in [6, 6.07) is 9.21. The van der Waals surface area contributed by atoms with Crippen LogP contribution in [0.5, 0.6) is 11.5 Å². The Balaban J connectivity index is 1.55. The molecule has 0 saturated heterocycles. The van der Waals surface area contributed by atoms with Gasteiger partial charge in [-0.25, -0.2) is 9.97 Å². The van der Waals surface area contributed by atoms with Gasteiger partial charge in [0, 0.05) is 24.4 Å². The zero-order valence-corrected chi connectivity index (χ0v) is 21.2. The lowest BCUT2D eigenvalue weighted by molar-refractivity contribution is -0.137. The van der Waals surface area contributed by atoms with Crippen LogP contribution in [0.1, 0.15) is 31.4 Å². The number of amides is 1. The molecule has 1 aromatic heterocycles. The summed E-state index contributed by atoms with van der Waals surface area (Å²) in [5.74, 6) is 0.791. The van der Waals surface area contributed by atoms with Crippen molar-refractivity contribution >= 4 is 40.9 Å². The molecule has 0 radical (unpaired) electrons. The number of hydrogen-bond donors (Lipinski definition) is 4. The van der Waals surface area contributed by atoms with E-state index in [0.29, 0.717) is 41.4 Å². The van der Waals surface area contributed by atoms with Crippen LogP contribution in [0.4, 0.5) is 30.5 Å². The highest BCUT2D eigenvalue weighted by atomic mass is 35.5. The predicted octanol–water partition coefficient (Wildman–Crippen LogP) is 5.77. The number of carbonyl (C=O) groups excluding carboxylic acids is 1. The summed E-state index contributed by atoms with van der Waals surface area (Å²) in [6.45, 7) is 3.76. The van der Waals surface area contributed by atoms with Crippen molar-refractivity contribution in [3.05, 3.63) is 70.5 Å².